The maximum Gasteiger partial charge on any atom is 0.215 e. The topological polar surface area (TPSA) is 72.3 Å². The monoisotopic (exact) mass is 451 g/mol. The highest BCUT2D eigenvalue weighted by Crippen LogP contribution is 2.29. The van der Waals surface area contributed by atoms with Crippen LogP contribution in [0, 0.1) is 0 Å². The number of fused-ring (bicyclic) bond motifs is 1. The molecule has 0 aliphatic rings. The van der Waals surface area contributed by atoms with Gasteiger partial charge in [0.05, 0.1) is 11.0 Å². The summed E-state index contributed by atoms with van der Waals surface area (Å²) >= 11 is 3.44. The Bertz CT molecular complexity index is 1170. The molecule has 0 aliphatic carbocycles. The number of aromatic nitrogens is 3. The van der Waals surface area contributed by atoms with E-state index in [0.717, 1.165) is 27.1 Å². The van der Waals surface area contributed by atoms with Gasteiger partial charge in [-0.1, -0.05) is 15.9 Å². The number of imidazole rings is 1. The Hall–Kier alpha value is -3.39. The lowest BCUT2D eigenvalue weighted by atomic mass is 10.3. The Morgan fingerprint density at radius 2 is 1.86 bits per heavy atom. The molecule has 0 atom stereocenters. The number of nitrogens with zero attached hydrogens (tertiary/aromatic N) is 4. The van der Waals surface area contributed by atoms with Crippen LogP contribution in [0.15, 0.2) is 65.3 Å². The van der Waals surface area contributed by atoms with Crippen molar-refractivity contribution in [3.8, 4) is 11.5 Å². The lowest BCUT2D eigenvalue weighted by Gasteiger charge is -2.11. The fourth-order valence-corrected chi connectivity index (χ4v) is 3.12. The SMILES string of the molecule is CN(C=O)c1cc(Oc2ccc3nc(Nc4ccc(Br)cc4)n(C)c3c2)ccn1. The molecule has 0 saturated heterocycles. The molecule has 2 heterocycles. The van der Waals surface area contributed by atoms with Crippen LogP contribution in [0.1, 0.15) is 0 Å². The van der Waals surface area contributed by atoms with E-state index < -0.39 is 0 Å². The number of amides is 1. The molecule has 146 valence electrons. The number of pyridine rings is 1. The molecular formula is C21H18BrN5O2. The summed E-state index contributed by atoms with van der Waals surface area (Å²) in [5.74, 6) is 2.51. The van der Waals surface area contributed by atoms with Crippen LogP contribution in [-0.2, 0) is 11.8 Å². The van der Waals surface area contributed by atoms with Gasteiger partial charge in [-0.2, -0.15) is 0 Å². The van der Waals surface area contributed by atoms with Gasteiger partial charge in [-0.15, -0.1) is 0 Å². The van der Waals surface area contributed by atoms with Gasteiger partial charge in [0.2, 0.25) is 12.4 Å². The van der Waals surface area contributed by atoms with Gasteiger partial charge in [0, 0.05) is 42.6 Å². The molecule has 0 spiro atoms. The van der Waals surface area contributed by atoms with Crippen LogP contribution < -0.4 is 15.0 Å². The van der Waals surface area contributed by atoms with Crippen LogP contribution in [0.25, 0.3) is 11.0 Å². The lowest BCUT2D eigenvalue weighted by Crippen LogP contribution is -2.14. The van der Waals surface area contributed by atoms with E-state index in [2.05, 4.69) is 31.2 Å². The van der Waals surface area contributed by atoms with Crippen molar-refractivity contribution in [1.29, 1.82) is 0 Å². The zero-order chi connectivity index (χ0) is 20.4. The van der Waals surface area contributed by atoms with Crippen molar-refractivity contribution in [3.05, 3.63) is 65.3 Å². The summed E-state index contributed by atoms with van der Waals surface area (Å²) in [4.78, 5) is 21.1. The summed E-state index contributed by atoms with van der Waals surface area (Å²) in [5, 5.41) is 3.33. The minimum atomic E-state index is 0.514. The molecule has 0 fully saturated rings. The molecule has 1 N–H and O–H groups in total. The number of carbonyl (C=O) groups is 1. The highest BCUT2D eigenvalue weighted by Gasteiger charge is 2.10. The maximum absolute atomic E-state index is 10.9. The smallest absolute Gasteiger partial charge is 0.215 e. The Kier molecular flexibility index (Phi) is 5.18. The second-order valence-corrected chi connectivity index (χ2v) is 7.36. The third-order valence-electron chi connectivity index (χ3n) is 4.42. The molecule has 8 heteroatoms. The zero-order valence-corrected chi connectivity index (χ0v) is 17.4. The van der Waals surface area contributed by atoms with Crippen molar-refractivity contribution in [1.82, 2.24) is 14.5 Å². The van der Waals surface area contributed by atoms with Crippen molar-refractivity contribution in [2.24, 2.45) is 7.05 Å². The average molecular weight is 452 g/mol. The second kappa shape index (κ2) is 7.92. The molecule has 0 bridgehead atoms. The highest BCUT2D eigenvalue weighted by molar-refractivity contribution is 9.10. The van der Waals surface area contributed by atoms with E-state index in [1.165, 1.54) is 4.90 Å². The van der Waals surface area contributed by atoms with Gasteiger partial charge < -0.3 is 19.5 Å². The number of halogens is 1. The Labute approximate surface area is 176 Å². The van der Waals surface area contributed by atoms with E-state index in [0.29, 0.717) is 23.7 Å². The number of anilines is 3. The molecule has 0 unspecified atom stereocenters. The largest absolute Gasteiger partial charge is 0.457 e. The first-order valence-corrected chi connectivity index (χ1v) is 9.64. The molecule has 7 nitrogen and oxygen atoms in total. The zero-order valence-electron chi connectivity index (χ0n) is 15.8. The molecule has 0 aliphatic heterocycles. The minimum Gasteiger partial charge on any atom is -0.457 e. The summed E-state index contributed by atoms with van der Waals surface area (Å²) in [6.45, 7) is 0. The number of nitrogens with one attached hydrogen (secondary N) is 1. The van der Waals surface area contributed by atoms with Crippen LogP contribution in [0.4, 0.5) is 17.5 Å². The van der Waals surface area contributed by atoms with Gasteiger partial charge in [-0.3, -0.25) is 4.79 Å². The number of carbonyl (C=O) groups excluding carboxylic acids is 1. The number of ether oxygens (including phenoxy) is 1. The van der Waals surface area contributed by atoms with Crippen LogP contribution >= 0.6 is 15.9 Å². The van der Waals surface area contributed by atoms with E-state index in [1.54, 1.807) is 25.4 Å². The Balaban J connectivity index is 1.60. The fraction of sp³-hybridized carbons (Fsp3) is 0.0952. The number of aryl methyl sites for hydroxylation is 1. The van der Waals surface area contributed by atoms with E-state index in [-0.39, 0.29) is 0 Å². The second-order valence-electron chi connectivity index (χ2n) is 6.44. The standard InChI is InChI=1S/C21H18BrN5O2/c1-26(13-28)20-12-17(9-10-23-20)29-16-7-8-18-19(11-16)27(2)21(25-18)24-15-5-3-14(22)4-6-15/h3-13H,1-2H3,(H,24,25). The van der Waals surface area contributed by atoms with Crippen molar-refractivity contribution >= 4 is 50.8 Å². The molecule has 0 radical (unpaired) electrons. The van der Waals surface area contributed by atoms with Gasteiger partial charge in [-0.05, 0) is 42.5 Å². The van der Waals surface area contributed by atoms with E-state index in [9.17, 15) is 4.79 Å². The first-order chi connectivity index (χ1) is 14.0. The first-order valence-electron chi connectivity index (χ1n) is 8.84. The first kappa shape index (κ1) is 18.9. The molecule has 1 amide bonds. The van der Waals surface area contributed by atoms with Crippen molar-refractivity contribution in [2.45, 2.75) is 0 Å². The summed E-state index contributed by atoms with van der Waals surface area (Å²) in [7, 11) is 3.59. The van der Waals surface area contributed by atoms with Gasteiger partial charge in [-0.25, -0.2) is 9.97 Å². The minimum absolute atomic E-state index is 0.514. The quantitative estimate of drug-likeness (QED) is 0.423. The molecule has 0 saturated carbocycles. The predicted octanol–water partition coefficient (Wildman–Crippen LogP) is 4.86. The predicted molar refractivity (Wildman–Crippen MR) is 117 cm³/mol. The van der Waals surface area contributed by atoms with Crippen LogP contribution in [0.5, 0.6) is 11.5 Å². The number of rotatable bonds is 6. The van der Waals surface area contributed by atoms with Crippen molar-refractivity contribution in [3.63, 3.8) is 0 Å². The number of hydrogen-bond acceptors (Lipinski definition) is 5. The number of hydrogen-bond donors (Lipinski definition) is 1. The van der Waals surface area contributed by atoms with E-state index >= 15 is 0 Å². The molecule has 2 aromatic heterocycles. The van der Waals surface area contributed by atoms with Crippen LogP contribution in [0.3, 0.4) is 0 Å². The fourth-order valence-electron chi connectivity index (χ4n) is 2.85. The Morgan fingerprint density at radius 3 is 2.62 bits per heavy atom. The molecule has 29 heavy (non-hydrogen) atoms. The highest BCUT2D eigenvalue weighted by atomic mass is 79.9. The van der Waals surface area contributed by atoms with Crippen LogP contribution in [0.2, 0.25) is 0 Å². The maximum atomic E-state index is 10.9. The average Bonchev–Trinajstić information content (AvgIpc) is 3.04. The summed E-state index contributed by atoms with van der Waals surface area (Å²) in [5.41, 5.74) is 2.74. The van der Waals surface area contributed by atoms with Gasteiger partial charge in [0.15, 0.2) is 0 Å². The van der Waals surface area contributed by atoms with Crippen molar-refractivity contribution in [2.75, 3.05) is 17.3 Å². The number of benzene rings is 2. The van der Waals surface area contributed by atoms with E-state index in [4.69, 9.17) is 4.74 Å². The third-order valence-corrected chi connectivity index (χ3v) is 4.95. The van der Waals surface area contributed by atoms with Gasteiger partial charge in [0.1, 0.15) is 17.3 Å². The molecule has 4 rings (SSSR count). The summed E-state index contributed by atoms with van der Waals surface area (Å²) in [6, 6.07) is 17.1. The van der Waals surface area contributed by atoms with Gasteiger partial charge in [0.25, 0.3) is 0 Å². The summed E-state index contributed by atoms with van der Waals surface area (Å²) in [6.07, 6.45) is 2.31. The summed E-state index contributed by atoms with van der Waals surface area (Å²) < 4.78 is 8.96. The molecular weight excluding hydrogens is 434 g/mol. The molecule has 2 aromatic carbocycles. The third kappa shape index (κ3) is 4.07. The van der Waals surface area contributed by atoms with Crippen molar-refractivity contribution < 1.29 is 9.53 Å². The normalized spacial score (nSPS) is 10.7. The Morgan fingerprint density at radius 1 is 1.10 bits per heavy atom. The van der Waals surface area contributed by atoms with Gasteiger partial charge >= 0.3 is 0 Å². The lowest BCUT2D eigenvalue weighted by molar-refractivity contribution is -0.107. The molecule has 4 aromatic rings. The van der Waals surface area contributed by atoms with Crippen LogP contribution in [-0.4, -0.2) is 28.0 Å². The van der Waals surface area contributed by atoms with E-state index in [1.807, 2.05) is 54.1 Å².